The van der Waals surface area contributed by atoms with Gasteiger partial charge in [-0.05, 0) is 24.3 Å². The van der Waals surface area contributed by atoms with E-state index in [0.29, 0.717) is 0 Å². The van der Waals surface area contributed by atoms with Crippen LogP contribution in [0.4, 0.5) is 0 Å². The van der Waals surface area contributed by atoms with Gasteiger partial charge in [-0.15, -0.1) is 0 Å². The van der Waals surface area contributed by atoms with Crippen LogP contribution in [0.3, 0.4) is 0 Å². The lowest BCUT2D eigenvalue weighted by atomic mass is 10.1. The predicted molar refractivity (Wildman–Crippen MR) is 46.5 cm³/mol. The summed E-state index contributed by atoms with van der Waals surface area (Å²) in [5.41, 5.74) is 6.47. The van der Waals surface area contributed by atoms with Gasteiger partial charge in [-0.2, -0.15) is 0 Å². The predicted octanol–water partition coefficient (Wildman–Crippen LogP) is 2.37. The van der Waals surface area contributed by atoms with Crippen LogP contribution in [0.2, 0.25) is 0 Å². The molecule has 0 aliphatic heterocycles. The van der Waals surface area contributed by atoms with Crippen molar-refractivity contribution in [3.8, 4) is 0 Å². The zero-order valence-corrected chi connectivity index (χ0v) is 6.51. The third-order valence-electron chi connectivity index (χ3n) is 1.18. The molecule has 0 radical (unpaired) electrons. The normalized spacial score (nSPS) is 12.3. The summed E-state index contributed by atoms with van der Waals surface area (Å²) < 4.78 is 0. The summed E-state index contributed by atoms with van der Waals surface area (Å²) in [5, 5.41) is 0. The van der Waals surface area contributed by atoms with Crippen LogP contribution in [-0.2, 0) is 0 Å². The van der Waals surface area contributed by atoms with Gasteiger partial charge in [0.25, 0.3) is 0 Å². The molecule has 0 rings (SSSR count). The van der Waals surface area contributed by atoms with E-state index >= 15 is 0 Å². The van der Waals surface area contributed by atoms with Gasteiger partial charge in [0, 0.05) is 0 Å². The fourth-order valence-corrected chi connectivity index (χ4v) is 0.786. The molecule has 10 heavy (non-hydrogen) atoms. The van der Waals surface area contributed by atoms with E-state index in [1.54, 1.807) is 12.3 Å². The van der Waals surface area contributed by atoms with Gasteiger partial charge >= 0.3 is 0 Å². The molecule has 0 aliphatic carbocycles. The Bertz CT molecular complexity index is 143. The molecule has 0 aromatic carbocycles. The smallest absolute Gasteiger partial charge is 0.00596 e. The molecule has 0 unspecified atom stereocenters. The van der Waals surface area contributed by atoms with Crippen molar-refractivity contribution in [2.75, 3.05) is 0 Å². The van der Waals surface area contributed by atoms with Crippen molar-refractivity contribution in [3.63, 3.8) is 0 Å². The maximum absolute atomic E-state index is 5.23. The summed E-state index contributed by atoms with van der Waals surface area (Å²) in [4.78, 5) is 0. The summed E-state index contributed by atoms with van der Waals surface area (Å²) in [5.74, 6) is 0. The molecule has 0 amide bonds. The highest BCUT2D eigenvalue weighted by Gasteiger charge is 1.86. The first kappa shape index (κ1) is 9.02. The second kappa shape index (κ2) is 6.14. The summed E-state index contributed by atoms with van der Waals surface area (Å²) in [6.07, 6.45) is 9.44. The van der Waals surface area contributed by atoms with E-state index in [4.69, 9.17) is 5.73 Å². The van der Waals surface area contributed by atoms with Gasteiger partial charge in [0.15, 0.2) is 0 Å². The van der Waals surface area contributed by atoms with Crippen molar-refractivity contribution < 1.29 is 0 Å². The van der Waals surface area contributed by atoms with E-state index in [9.17, 15) is 0 Å². The van der Waals surface area contributed by atoms with Gasteiger partial charge in [0.05, 0.1) is 0 Å². The van der Waals surface area contributed by atoms with Gasteiger partial charge in [-0.1, -0.05) is 32.1 Å². The first-order chi connectivity index (χ1) is 4.85. The molecular formula is C9H15N. The first-order valence-electron chi connectivity index (χ1n) is 3.55. The number of nitrogens with two attached hydrogens (primary N) is 1. The lowest BCUT2D eigenvalue weighted by Crippen LogP contribution is -1.81. The van der Waals surface area contributed by atoms with Crippen LogP contribution in [0.25, 0.3) is 0 Å². The Hall–Kier alpha value is -0.980. The second-order valence-corrected chi connectivity index (χ2v) is 2.09. The zero-order valence-electron chi connectivity index (χ0n) is 6.51. The quantitative estimate of drug-likeness (QED) is 0.591. The number of allylic oxidation sites excluding steroid dienone is 4. The standard InChI is InChI=1S/C9H15N/c1-3-5-9(6-4-2)7-8-10/h3,5,7-8H,1,4,6,10H2,2H3/b8-7-,9-5-. The average molecular weight is 137 g/mol. The van der Waals surface area contributed by atoms with Gasteiger partial charge in [-0.25, -0.2) is 0 Å². The van der Waals surface area contributed by atoms with E-state index in [-0.39, 0.29) is 0 Å². The minimum absolute atomic E-state index is 1.07. The molecule has 0 saturated heterocycles. The zero-order chi connectivity index (χ0) is 7.82. The molecule has 0 atom stereocenters. The Morgan fingerprint density at radius 2 is 2.30 bits per heavy atom. The summed E-state index contributed by atoms with van der Waals surface area (Å²) in [7, 11) is 0. The summed E-state index contributed by atoms with van der Waals surface area (Å²) >= 11 is 0. The van der Waals surface area contributed by atoms with Crippen LogP contribution in [-0.4, -0.2) is 0 Å². The number of hydrogen-bond donors (Lipinski definition) is 1. The first-order valence-corrected chi connectivity index (χ1v) is 3.55. The van der Waals surface area contributed by atoms with E-state index < -0.39 is 0 Å². The SMILES string of the molecule is C=C/C=C(\C=C/N)CCC. The molecule has 0 saturated carbocycles. The van der Waals surface area contributed by atoms with Crippen LogP contribution in [0.1, 0.15) is 19.8 Å². The third-order valence-corrected chi connectivity index (χ3v) is 1.18. The highest BCUT2D eigenvalue weighted by molar-refractivity contribution is 5.21. The van der Waals surface area contributed by atoms with Gasteiger partial charge in [0.2, 0.25) is 0 Å². The lowest BCUT2D eigenvalue weighted by Gasteiger charge is -1.95. The van der Waals surface area contributed by atoms with Gasteiger partial charge < -0.3 is 5.73 Å². The van der Waals surface area contributed by atoms with Crippen molar-refractivity contribution in [3.05, 3.63) is 36.6 Å². The molecule has 1 heteroatoms. The molecule has 0 spiro atoms. The highest BCUT2D eigenvalue weighted by Crippen LogP contribution is 2.05. The van der Waals surface area contributed by atoms with E-state index in [1.165, 1.54) is 5.57 Å². The third kappa shape index (κ3) is 3.96. The maximum atomic E-state index is 5.23. The Kier molecular flexibility index (Phi) is 5.54. The van der Waals surface area contributed by atoms with Crippen molar-refractivity contribution in [1.29, 1.82) is 0 Å². The topological polar surface area (TPSA) is 26.0 Å². The molecule has 1 nitrogen and oxygen atoms in total. The molecule has 0 fully saturated rings. The second-order valence-electron chi connectivity index (χ2n) is 2.09. The fourth-order valence-electron chi connectivity index (χ4n) is 0.786. The van der Waals surface area contributed by atoms with E-state index in [0.717, 1.165) is 12.8 Å². The van der Waals surface area contributed by atoms with Crippen LogP contribution in [0.15, 0.2) is 36.6 Å². The molecule has 0 heterocycles. The van der Waals surface area contributed by atoms with Crippen molar-refractivity contribution in [2.45, 2.75) is 19.8 Å². The minimum Gasteiger partial charge on any atom is -0.405 e. The molecule has 0 aliphatic rings. The molecule has 0 aromatic rings. The lowest BCUT2D eigenvalue weighted by molar-refractivity contribution is 0.926. The van der Waals surface area contributed by atoms with Gasteiger partial charge in [-0.3, -0.25) is 0 Å². The fraction of sp³-hybridized carbons (Fsp3) is 0.333. The van der Waals surface area contributed by atoms with Crippen molar-refractivity contribution >= 4 is 0 Å². The molecule has 0 aromatic heterocycles. The Balaban J connectivity index is 3.96. The van der Waals surface area contributed by atoms with Crippen LogP contribution >= 0.6 is 0 Å². The molecule has 56 valence electrons. The van der Waals surface area contributed by atoms with Crippen molar-refractivity contribution in [2.24, 2.45) is 5.73 Å². The molecule has 2 N–H and O–H groups in total. The van der Waals surface area contributed by atoms with Gasteiger partial charge in [0.1, 0.15) is 0 Å². The Labute approximate surface area is 62.9 Å². The summed E-state index contributed by atoms with van der Waals surface area (Å²) in [6, 6.07) is 0. The largest absolute Gasteiger partial charge is 0.405 e. The molecule has 0 bridgehead atoms. The van der Waals surface area contributed by atoms with E-state index in [2.05, 4.69) is 13.5 Å². The van der Waals surface area contributed by atoms with Crippen LogP contribution in [0.5, 0.6) is 0 Å². The Morgan fingerprint density at radius 3 is 2.70 bits per heavy atom. The number of rotatable bonds is 4. The monoisotopic (exact) mass is 137 g/mol. The number of hydrogen-bond acceptors (Lipinski definition) is 1. The van der Waals surface area contributed by atoms with Crippen LogP contribution in [0, 0.1) is 0 Å². The van der Waals surface area contributed by atoms with Crippen LogP contribution < -0.4 is 5.73 Å². The highest BCUT2D eigenvalue weighted by atomic mass is 14.5. The Morgan fingerprint density at radius 1 is 1.60 bits per heavy atom. The van der Waals surface area contributed by atoms with E-state index in [1.807, 2.05) is 12.2 Å². The maximum Gasteiger partial charge on any atom is -0.00596 e. The summed E-state index contributed by atoms with van der Waals surface area (Å²) in [6.45, 7) is 5.75. The minimum atomic E-state index is 1.07. The van der Waals surface area contributed by atoms with Crippen molar-refractivity contribution in [1.82, 2.24) is 0 Å². The average Bonchev–Trinajstić information content (AvgIpc) is 1.90. The molecular weight excluding hydrogens is 122 g/mol.